The van der Waals surface area contributed by atoms with Crippen LogP contribution in [0.15, 0.2) is 11.2 Å². The highest BCUT2D eigenvalue weighted by atomic mass is 15.1. The maximum absolute atomic E-state index is 8.41. The molecule has 0 saturated carbocycles. The van der Waals surface area contributed by atoms with Crippen LogP contribution in [0, 0.1) is 27.7 Å². The van der Waals surface area contributed by atoms with Crippen LogP contribution in [-0.2, 0) is 0 Å². The number of nitrogens with zero attached hydrogens (tertiary/aromatic N) is 3. The number of benzene rings is 1. The summed E-state index contributed by atoms with van der Waals surface area (Å²) in [5.41, 5.74) is 13.7. The molecule has 1 rings (SSSR count). The van der Waals surface area contributed by atoms with Crippen molar-refractivity contribution in [3.05, 3.63) is 38.8 Å². The normalized spacial score (nSPS) is 9.54. The molecule has 0 aliphatic rings. The maximum Gasteiger partial charge on any atom is 0.0439 e. The van der Waals surface area contributed by atoms with Crippen molar-refractivity contribution in [2.75, 3.05) is 0 Å². The first kappa shape index (κ1) is 9.62. The van der Waals surface area contributed by atoms with Gasteiger partial charge in [0.15, 0.2) is 0 Å². The summed E-state index contributed by atoms with van der Waals surface area (Å²) in [5.74, 6) is 0. The molecule has 68 valence electrons. The monoisotopic (exact) mass is 175 g/mol. The lowest BCUT2D eigenvalue weighted by molar-refractivity contribution is 1.21. The molecule has 1 aromatic carbocycles. The molecule has 3 nitrogen and oxygen atoms in total. The molecule has 0 heterocycles. The van der Waals surface area contributed by atoms with E-state index in [1.165, 1.54) is 11.1 Å². The molecule has 0 fully saturated rings. The minimum Gasteiger partial charge on any atom is -0.0602 e. The van der Waals surface area contributed by atoms with E-state index in [4.69, 9.17) is 5.53 Å². The summed E-state index contributed by atoms with van der Waals surface area (Å²) < 4.78 is 0. The molecular weight excluding hydrogens is 162 g/mol. The quantitative estimate of drug-likeness (QED) is 0.353. The van der Waals surface area contributed by atoms with Crippen molar-refractivity contribution in [3.8, 4) is 0 Å². The molecule has 0 bridgehead atoms. The second kappa shape index (κ2) is 3.50. The summed E-state index contributed by atoms with van der Waals surface area (Å²) in [5, 5.41) is 3.71. The molecule has 0 atom stereocenters. The fourth-order valence-corrected chi connectivity index (χ4v) is 1.39. The summed E-state index contributed by atoms with van der Waals surface area (Å²) in [6.45, 7) is 8.01. The molecule has 0 spiro atoms. The number of hydrogen-bond donors (Lipinski definition) is 0. The minimum atomic E-state index is 0.778. The second-order valence-electron chi connectivity index (χ2n) is 3.30. The minimum absolute atomic E-state index is 0.778. The van der Waals surface area contributed by atoms with Gasteiger partial charge in [0.05, 0.1) is 0 Å². The van der Waals surface area contributed by atoms with Crippen LogP contribution >= 0.6 is 0 Å². The number of aryl methyl sites for hydroxylation is 2. The predicted octanol–water partition coefficient (Wildman–Crippen LogP) is 3.86. The Morgan fingerprint density at radius 1 is 1.08 bits per heavy atom. The van der Waals surface area contributed by atoms with Gasteiger partial charge in [-0.1, -0.05) is 11.2 Å². The third kappa shape index (κ3) is 1.65. The standard InChI is InChI=1S/C10H13N3/c1-6-5-7(2)9(4)10(8(6)3)12-13-11/h5H,1-4H3. The van der Waals surface area contributed by atoms with E-state index in [1.54, 1.807) is 0 Å². The number of azide groups is 1. The fourth-order valence-electron chi connectivity index (χ4n) is 1.39. The van der Waals surface area contributed by atoms with E-state index in [0.717, 1.165) is 16.8 Å². The van der Waals surface area contributed by atoms with Crippen molar-refractivity contribution >= 4 is 5.69 Å². The van der Waals surface area contributed by atoms with E-state index in [1.807, 2.05) is 27.7 Å². The van der Waals surface area contributed by atoms with Gasteiger partial charge in [0.1, 0.15) is 0 Å². The predicted molar refractivity (Wildman–Crippen MR) is 54.2 cm³/mol. The van der Waals surface area contributed by atoms with E-state index in [9.17, 15) is 0 Å². The Bertz CT molecular complexity index is 361. The van der Waals surface area contributed by atoms with Gasteiger partial charge < -0.3 is 0 Å². The summed E-state index contributed by atoms with van der Waals surface area (Å²) >= 11 is 0. The summed E-state index contributed by atoms with van der Waals surface area (Å²) in [4.78, 5) is 2.83. The molecule has 0 aliphatic carbocycles. The molecule has 3 heteroatoms. The lowest BCUT2D eigenvalue weighted by Crippen LogP contribution is -1.88. The van der Waals surface area contributed by atoms with Gasteiger partial charge in [0.2, 0.25) is 0 Å². The van der Waals surface area contributed by atoms with Crippen LogP contribution in [0.25, 0.3) is 10.4 Å². The molecule has 13 heavy (non-hydrogen) atoms. The van der Waals surface area contributed by atoms with Crippen molar-refractivity contribution in [2.45, 2.75) is 27.7 Å². The Morgan fingerprint density at radius 3 is 1.92 bits per heavy atom. The first-order chi connectivity index (χ1) is 6.07. The van der Waals surface area contributed by atoms with Gasteiger partial charge in [-0.3, -0.25) is 0 Å². The van der Waals surface area contributed by atoms with Gasteiger partial charge in [-0.2, -0.15) is 0 Å². The van der Waals surface area contributed by atoms with Crippen LogP contribution in [0.3, 0.4) is 0 Å². The van der Waals surface area contributed by atoms with E-state index in [0.29, 0.717) is 0 Å². The molecule has 0 aromatic heterocycles. The largest absolute Gasteiger partial charge is 0.0602 e. The second-order valence-corrected chi connectivity index (χ2v) is 3.30. The van der Waals surface area contributed by atoms with Crippen LogP contribution in [0.5, 0.6) is 0 Å². The Labute approximate surface area is 78.0 Å². The molecule has 0 N–H and O–H groups in total. The SMILES string of the molecule is Cc1cc(C)c(C)c(N=[N+]=[N-])c1C. The van der Waals surface area contributed by atoms with Crippen LogP contribution in [0.2, 0.25) is 0 Å². The highest BCUT2D eigenvalue weighted by Crippen LogP contribution is 2.29. The molecule has 0 saturated heterocycles. The summed E-state index contributed by atoms with van der Waals surface area (Å²) in [7, 11) is 0. The van der Waals surface area contributed by atoms with Gasteiger partial charge in [-0.05, 0) is 55.5 Å². The highest BCUT2D eigenvalue weighted by Gasteiger charge is 2.05. The average molecular weight is 175 g/mol. The number of hydrogen-bond acceptors (Lipinski definition) is 1. The van der Waals surface area contributed by atoms with Crippen molar-refractivity contribution in [3.63, 3.8) is 0 Å². The molecule has 0 amide bonds. The zero-order valence-electron chi connectivity index (χ0n) is 8.42. The molecular formula is C10H13N3. The molecule has 0 radical (unpaired) electrons. The Kier molecular flexibility index (Phi) is 2.59. The topological polar surface area (TPSA) is 48.8 Å². The first-order valence-corrected chi connectivity index (χ1v) is 4.20. The van der Waals surface area contributed by atoms with Gasteiger partial charge in [-0.15, -0.1) is 0 Å². The number of rotatable bonds is 1. The van der Waals surface area contributed by atoms with Crippen LogP contribution in [-0.4, -0.2) is 0 Å². The lowest BCUT2D eigenvalue weighted by atomic mass is 9.99. The first-order valence-electron chi connectivity index (χ1n) is 4.20. The van der Waals surface area contributed by atoms with E-state index >= 15 is 0 Å². The maximum atomic E-state index is 8.41. The van der Waals surface area contributed by atoms with E-state index in [-0.39, 0.29) is 0 Å². The van der Waals surface area contributed by atoms with Gasteiger partial charge >= 0.3 is 0 Å². The highest BCUT2D eigenvalue weighted by molar-refractivity contribution is 5.58. The van der Waals surface area contributed by atoms with E-state index in [2.05, 4.69) is 16.1 Å². The van der Waals surface area contributed by atoms with Gasteiger partial charge in [0, 0.05) is 10.6 Å². The van der Waals surface area contributed by atoms with E-state index < -0.39 is 0 Å². The Hall–Kier alpha value is -1.47. The van der Waals surface area contributed by atoms with Crippen molar-refractivity contribution in [1.29, 1.82) is 0 Å². The van der Waals surface area contributed by atoms with Crippen LogP contribution in [0.1, 0.15) is 22.3 Å². The zero-order valence-corrected chi connectivity index (χ0v) is 8.42. The van der Waals surface area contributed by atoms with Gasteiger partial charge in [-0.25, -0.2) is 0 Å². The third-order valence-electron chi connectivity index (χ3n) is 2.47. The smallest absolute Gasteiger partial charge is 0.0439 e. The third-order valence-corrected chi connectivity index (χ3v) is 2.47. The summed E-state index contributed by atoms with van der Waals surface area (Å²) in [6, 6.07) is 2.11. The van der Waals surface area contributed by atoms with Crippen molar-refractivity contribution < 1.29 is 0 Å². The molecule has 0 aliphatic heterocycles. The van der Waals surface area contributed by atoms with Crippen molar-refractivity contribution in [2.24, 2.45) is 5.11 Å². The Balaban J connectivity index is 3.55. The summed E-state index contributed by atoms with van der Waals surface area (Å²) in [6.07, 6.45) is 0. The van der Waals surface area contributed by atoms with Crippen molar-refractivity contribution in [1.82, 2.24) is 0 Å². The average Bonchev–Trinajstić information content (AvgIpc) is 2.09. The molecule has 0 unspecified atom stereocenters. The molecule has 1 aromatic rings. The van der Waals surface area contributed by atoms with Crippen LogP contribution < -0.4 is 0 Å². The zero-order chi connectivity index (χ0) is 10.0. The van der Waals surface area contributed by atoms with Crippen LogP contribution in [0.4, 0.5) is 5.69 Å². The fraction of sp³-hybridized carbons (Fsp3) is 0.400. The lowest BCUT2D eigenvalue weighted by Gasteiger charge is -2.10. The Morgan fingerprint density at radius 2 is 1.54 bits per heavy atom. The van der Waals surface area contributed by atoms with Gasteiger partial charge in [0.25, 0.3) is 0 Å².